The maximum absolute atomic E-state index is 4.26. The van der Waals surface area contributed by atoms with Gasteiger partial charge in [0.2, 0.25) is 5.13 Å². The number of hydrogen-bond donors (Lipinski definition) is 1. The van der Waals surface area contributed by atoms with Crippen LogP contribution in [0.15, 0.2) is 34.7 Å². The van der Waals surface area contributed by atoms with Crippen LogP contribution in [-0.2, 0) is 6.42 Å². The highest BCUT2D eigenvalue weighted by Gasteiger charge is 1.94. The third-order valence-electron chi connectivity index (χ3n) is 2.38. The Labute approximate surface area is 105 Å². The molecule has 0 amide bonds. The zero-order chi connectivity index (χ0) is 12.1. The SMILES string of the molecule is CCc1ccc(/C=N/Nc2nc(C)cs2)cc1. The molecule has 0 saturated carbocycles. The van der Waals surface area contributed by atoms with E-state index in [9.17, 15) is 0 Å². The van der Waals surface area contributed by atoms with Gasteiger partial charge in [0.25, 0.3) is 0 Å². The van der Waals surface area contributed by atoms with E-state index < -0.39 is 0 Å². The van der Waals surface area contributed by atoms with E-state index >= 15 is 0 Å². The quantitative estimate of drug-likeness (QED) is 0.661. The van der Waals surface area contributed by atoms with E-state index in [4.69, 9.17) is 0 Å². The summed E-state index contributed by atoms with van der Waals surface area (Å²) in [6, 6.07) is 8.37. The standard InChI is InChI=1S/C13H15N3S/c1-3-11-4-6-12(7-5-11)8-14-16-13-15-10(2)9-17-13/h4-9H,3H2,1-2H3,(H,15,16)/b14-8+. The van der Waals surface area contributed by atoms with Crippen LogP contribution in [0.3, 0.4) is 0 Å². The molecule has 0 unspecified atom stereocenters. The van der Waals surface area contributed by atoms with Gasteiger partial charge in [-0.2, -0.15) is 5.10 Å². The molecule has 0 fully saturated rings. The fraction of sp³-hybridized carbons (Fsp3) is 0.231. The predicted octanol–water partition coefficient (Wildman–Crippen LogP) is 3.46. The number of aryl methyl sites for hydroxylation is 2. The van der Waals surface area contributed by atoms with E-state index in [-0.39, 0.29) is 0 Å². The summed E-state index contributed by atoms with van der Waals surface area (Å²) >= 11 is 1.55. The Morgan fingerprint density at radius 3 is 2.71 bits per heavy atom. The van der Waals surface area contributed by atoms with Crippen molar-refractivity contribution in [2.45, 2.75) is 20.3 Å². The second-order valence-corrected chi connectivity index (χ2v) is 4.62. The van der Waals surface area contributed by atoms with Crippen LogP contribution in [0, 0.1) is 6.92 Å². The smallest absolute Gasteiger partial charge is 0.203 e. The summed E-state index contributed by atoms with van der Waals surface area (Å²) in [5, 5.41) is 6.97. The van der Waals surface area contributed by atoms with E-state index in [1.165, 1.54) is 5.56 Å². The Morgan fingerprint density at radius 2 is 2.12 bits per heavy atom. The number of aromatic nitrogens is 1. The largest absolute Gasteiger partial charge is 0.253 e. The molecule has 2 aromatic rings. The molecule has 1 aromatic heterocycles. The number of hydrazone groups is 1. The van der Waals surface area contributed by atoms with E-state index in [0.717, 1.165) is 22.8 Å². The first-order valence-electron chi connectivity index (χ1n) is 5.58. The van der Waals surface area contributed by atoms with Gasteiger partial charge in [0, 0.05) is 5.38 Å². The summed E-state index contributed by atoms with van der Waals surface area (Å²) in [5.74, 6) is 0. The van der Waals surface area contributed by atoms with Crippen LogP contribution in [0.4, 0.5) is 5.13 Å². The van der Waals surface area contributed by atoms with Crippen molar-refractivity contribution in [1.29, 1.82) is 0 Å². The first-order valence-corrected chi connectivity index (χ1v) is 6.46. The van der Waals surface area contributed by atoms with Gasteiger partial charge in [0.05, 0.1) is 11.9 Å². The van der Waals surface area contributed by atoms with Crippen molar-refractivity contribution in [3.63, 3.8) is 0 Å². The fourth-order valence-corrected chi connectivity index (χ4v) is 2.04. The molecule has 17 heavy (non-hydrogen) atoms. The average molecular weight is 245 g/mol. The lowest BCUT2D eigenvalue weighted by Crippen LogP contribution is -1.90. The normalized spacial score (nSPS) is 10.9. The maximum atomic E-state index is 4.26. The molecule has 0 aliphatic carbocycles. The molecule has 4 heteroatoms. The molecule has 0 atom stereocenters. The molecule has 1 N–H and O–H groups in total. The summed E-state index contributed by atoms with van der Waals surface area (Å²) in [6.45, 7) is 4.12. The first-order chi connectivity index (χ1) is 8.28. The number of benzene rings is 1. The van der Waals surface area contributed by atoms with Gasteiger partial charge in [-0.25, -0.2) is 4.98 Å². The van der Waals surface area contributed by atoms with E-state index in [1.54, 1.807) is 17.6 Å². The van der Waals surface area contributed by atoms with Crippen LogP contribution in [0.2, 0.25) is 0 Å². The van der Waals surface area contributed by atoms with Gasteiger partial charge in [-0.1, -0.05) is 31.2 Å². The van der Waals surface area contributed by atoms with Crippen molar-refractivity contribution in [3.8, 4) is 0 Å². The summed E-state index contributed by atoms with van der Waals surface area (Å²) < 4.78 is 0. The number of rotatable bonds is 4. The summed E-state index contributed by atoms with van der Waals surface area (Å²) in [5.41, 5.74) is 6.36. The second-order valence-electron chi connectivity index (χ2n) is 3.76. The van der Waals surface area contributed by atoms with Crippen LogP contribution in [-0.4, -0.2) is 11.2 Å². The molecular weight excluding hydrogens is 230 g/mol. The van der Waals surface area contributed by atoms with Gasteiger partial charge >= 0.3 is 0 Å². The number of nitrogens with one attached hydrogen (secondary N) is 1. The highest BCUT2D eigenvalue weighted by atomic mass is 32.1. The first kappa shape index (κ1) is 11.8. The molecule has 0 radical (unpaired) electrons. The van der Waals surface area contributed by atoms with Crippen molar-refractivity contribution in [2.24, 2.45) is 5.10 Å². The fourth-order valence-electron chi connectivity index (χ4n) is 1.41. The van der Waals surface area contributed by atoms with Gasteiger partial charge in [-0.05, 0) is 24.5 Å². The highest BCUT2D eigenvalue weighted by molar-refractivity contribution is 7.13. The Morgan fingerprint density at radius 1 is 1.35 bits per heavy atom. The number of hydrogen-bond acceptors (Lipinski definition) is 4. The third-order valence-corrected chi connectivity index (χ3v) is 3.25. The van der Waals surface area contributed by atoms with Crippen molar-refractivity contribution in [2.75, 3.05) is 5.43 Å². The Bertz CT molecular complexity index is 500. The monoisotopic (exact) mass is 245 g/mol. The Balaban J connectivity index is 1.95. The molecule has 0 aliphatic rings. The van der Waals surface area contributed by atoms with Crippen molar-refractivity contribution >= 4 is 22.7 Å². The number of anilines is 1. The number of nitrogens with zero attached hydrogens (tertiary/aromatic N) is 2. The van der Waals surface area contributed by atoms with E-state index in [0.29, 0.717) is 0 Å². The molecule has 1 heterocycles. The molecule has 0 spiro atoms. The van der Waals surface area contributed by atoms with Crippen molar-refractivity contribution < 1.29 is 0 Å². The molecule has 0 saturated heterocycles. The van der Waals surface area contributed by atoms with Crippen LogP contribution in [0.5, 0.6) is 0 Å². The van der Waals surface area contributed by atoms with Gasteiger partial charge in [-0.15, -0.1) is 11.3 Å². The highest BCUT2D eigenvalue weighted by Crippen LogP contribution is 2.13. The molecule has 2 rings (SSSR count). The van der Waals surface area contributed by atoms with Gasteiger partial charge in [-0.3, -0.25) is 5.43 Å². The molecule has 88 valence electrons. The topological polar surface area (TPSA) is 37.3 Å². The molecule has 3 nitrogen and oxygen atoms in total. The molecule has 0 bridgehead atoms. The van der Waals surface area contributed by atoms with E-state index in [1.807, 2.05) is 12.3 Å². The maximum Gasteiger partial charge on any atom is 0.203 e. The summed E-state index contributed by atoms with van der Waals surface area (Å²) in [4.78, 5) is 4.26. The second kappa shape index (κ2) is 5.59. The molecule has 1 aromatic carbocycles. The summed E-state index contributed by atoms with van der Waals surface area (Å²) in [6.07, 6.45) is 2.87. The minimum absolute atomic E-state index is 0.823. The Kier molecular flexibility index (Phi) is 3.88. The Hall–Kier alpha value is -1.68. The summed E-state index contributed by atoms with van der Waals surface area (Å²) in [7, 11) is 0. The van der Waals surface area contributed by atoms with Crippen LogP contribution >= 0.6 is 11.3 Å². The van der Waals surface area contributed by atoms with E-state index in [2.05, 4.69) is 46.7 Å². The van der Waals surface area contributed by atoms with Gasteiger partial charge in [0.1, 0.15) is 0 Å². The van der Waals surface area contributed by atoms with Gasteiger partial charge < -0.3 is 0 Å². The predicted molar refractivity (Wildman–Crippen MR) is 73.9 cm³/mol. The lowest BCUT2D eigenvalue weighted by Gasteiger charge is -1.97. The minimum atomic E-state index is 0.823. The third kappa shape index (κ3) is 3.39. The minimum Gasteiger partial charge on any atom is -0.253 e. The number of thiazole rings is 1. The van der Waals surface area contributed by atoms with Crippen LogP contribution < -0.4 is 5.43 Å². The van der Waals surface area contributed by atoms with Crippen molar-refractivity contribution in [1.82, 2.24) is 4.98 Å². The lowest BCUT2D eigenvalue weighted by atomic mass is 10.1. The average Bonchev–Trinajstić information content (AvgIpc) is 2.76. The molecule has 0 aliphatic heterocycles. The molecular formula is C13H15N3S. The van der Waals surface area contributed by atoms with Crippen molar-refractivity contribution in [3.05, 3.63) is 46.5 Å². The van der Waals surface area contributed by atoms with Crippen LogP contribution in [0.1, 0.15) is 23.7 Å². The lowest BCUT2D eigenvalue weighted by molar-refractivity contribution is 1.14. The van der Waals surface area contributed by atoms with Gasteiger partial charge in [0.15, 0.2) is 0 Å². The van der Waals surface area contributed by atoms with Crippen LogP contribution in [0.25, 0.3) is 0 Å². The zero-order valence-corrected chi connectivity index (χ0v) is 10.8. The zero-order valence-electron chi connectivity index (χ0n) is 9.97.